The number of anilines is 1. The van der Waals surface area contributed by atoms with E-state index in [0.29, 0.717) is 24.7 Å². The molecule has 1 aromatic rings. The molecule has 0 unspecified atom stereocenters. The molecule has 23 heavy (non-hydrogen) atoms. The van der Waals surface area contributed by atoms with Gasteiger partial charge in [-0.1, -0.05) is 25.1 Å². The summed E-state index contributed by atoms with van der Waals surface area (Å²) >= 11 is 0. The van der Waals surface area contributed by atoms with Crippen LogP contribution >= 0.6 is 0 Å². The van der Waals surface area contributed by atoms with E-state index in [1.54, 1.807) is 4.90 Å². The monoisotopic (exact) mass is 338 g/mol. The fraction of sp³-hybridized carbons (Fsp3) is 0.588. The van der Waals surface area contributed by atoms with E-state index in [1.807, 2.05) is 32.0 Å². The molecular formula is C17H26N2O3S. The van der Waals surface area contributed by atoms with Crippen LogP contribution in [0.2, 0.25) is 0 Å². The van der Waals surface area contributed by atoms with Crippen molar-refractivity contribution in [3.05, 3.63) is 29.3 Å². The molecule has 0 N–H and O–H groups in total. The van der Waals surface area contributed by atoms with Gasteiger partial charge in [0.25, 0.3) is 0 Å². The zero-order chi connectivity index (χ0) is 17.2. The van der Waals surface area contributed by atoms with Crippen LogP contribution in [-0.4, -0.2) is 45.1 Å². The number of benzene rings is 1. The van der Waals surface area contributed by atoms with Crippen LogP contribution in [-0.2, 0) is 14.8 Å². The first-order valence-corrected chi connectivity index (χ1v) is 9.86. The van der Waals surface area contributed by atoms with Crippen LogP contribution in [0.1, 0.15) is 30.9 Å². The summed E-state index contributed by atoms with van der Waals surface area (Å²) in [5.74, 6) is 0.351. The standard InChI is InChI=1S/C17H26N2O3S/c1-13-7-6-10-18(11-13)16(20)12-19(23(4,21)22)17-14(2)8-5-9-15(17)3/h5,8-9,13H,6-7,10-12H2,1-4H3/t13-/m1/s1. The van der Waals surface area contributed by atoms with Gasteiger partial charge < -0.3 is 4.90 Å². The number of nitrogens with zero attached hydrogens (tertiary/aromatic N) is 2. The molecule has 1 aromatic carbocycles. The molecule has 0 aromatic heterocycles. The van der Waals surface area contributed by atoms with Crippen molar-refractivity contribution in [3.63, 3.8) is 0 Å². The van der Waals surface area contributed by atoms with Crippen molar-refractivity contribution < 1.29 is 13.2 Å². The molecule has 0 radical (unpaired) electrons. The first kappa shape index (κ1) is 17.8. The number of aryl methyl sites for hydroxylation is 2. The van der Waals surface area contributed by atoms with Gasteiger partial charge in [-0.25, -0.2) is 8.42 Å². The Kier molecular flexibility index (Phi) is 5.34. The number of sulfonamides is 1. The SMILES string of the molecule is Cc1cccc(C)c1N(CC(=O)N1CCC[C@@H](C)C1)S(C)(=O)=O. The van der Waals surface area contributed by atoms with Gasteiger partial charge >= 0.3 is 0 Å². The van der Waals surface area contributed by atoms with E-state index < -0.39 is 10.0 Å². The Labute approximate surface area is 139 Å². The highest BCUT2D eigenvalue weighted by molar-refractivity contribution is 7.92. The third-order valence-electron chi connectivity index (χ3n) is 4.38. The number of piperidine rings is 1. The highest BCUT2D eigenvalue weighted by atomic mass is 32.2. The van der Waals surface area contributed by atoms with Crippen molar-refractivity contribution in [2.24, 2.45) is 5.92 Å². The van der Waals surface area contributed by atoms with E-state index in [1.165, 1.54) is 4.31 Å². The molecule has 1 saturated heterocycles. The topological polar surface area (TPSA) is 57.7 Å². The summed E-state index contributed by atoms with van der Waals surface area (Å²) in [6.45, 7) is 7.16. The van der Waals surface area contributed by atoms with Crippen LogP contribution in [0.15, 0.2) is 18.2 Å². The second-order valence-corrected chi connectivity index (χ2v) is 8.50. The highest BCUT2D eigenvalue weighted by Gasteiger charge is 2.28. The van der Waals surface area contributed by atoms with Gasteiger partial charge in [0, 0.05) is 13.1 Å². The summed E-state index contributed by atoms with van der Waals surface area (Å²) in [4.78, 5) is 14.4. The maximum Gasteiger partial charge on any atom is 0.243 e. The van der Waals surface area contributed by atoms with Crippen LogP contribution in [0.4, 0.5) is 5.69 Å². The number of para-hydroxylation sites is 1. The van der Waals surface area contributed by atoms with Gasteiger partial charge in [-0.15, -0.1) is 0 Å². The molecule has 1 atom stereocenters. The van der Waals surface area contributed by atoms with Crippen LogP contribution in [0.25, 0.3) is 0 Å². The number of hydrogen-bond acceptors (Lipinski definition) is 3. The molecule has 1 fully saturated rings. The lowest BCUT2D eigenvalue weighted by Crippen LogP contribution is -2.46. The van der Waals surface area contributed by atoms with E-state index in [0.717, 1.165) is 30.2 Å². The summed E-state index contributed by atoms with van der Waals surface area (Å²) < 4.78 is 25.8. The van der Waals surface area contributed by atoms with Crippen molar-refractivity contribution in [1.82, 2.24) is 4.90 Å². The lowest BCUT2D eigenvalue weighted by Gasteiger charge is -2.33. The third-order valence-corrected chi connectivity index (χ3v) is 5.49. The van der Waals surface area contributed by atoms with Gasteiger partial charge in [-0.2, -0.15) is 0 Å². The largest absolute Gasteiger partial charge is 0.341 e. The quantitative estimate of drug-likeness (QED) is 0.846. The van der Waals surface area contributed by atoms with Crippen molar-refractivity contribution in [1.29, 1.82) is 0 Å². The molecule has 2 rings (SSSR count). The Bertz CT molecular complexity index is 665. The second kappa shape index (κ2) is 6.91. The zero-order valence-electron chi connectivity index (χ0n) is 14.4. The smallest absolute Gasteiger partial charge is 0.243 e. The van der Waals surface area contributed by atoms with Crippen molar-refractivity contribution in [2.75, 3.05) is 30.2 Å². The predicted molar refractivity (Wildman–Crippen MR) is 93.1 cm³/mol. The normalized spacial score (nSPS) is 18.8. The number of likely N-dealkylation sites (tertiary alicyclic amines) is 1. The fourth-order valence-corrected chi connectivity index (χ4v) is 4.16. The zero-order valence-corrected chi connectivity index (χ0v) is 15.2. The van der Waals surface area contributed by atoms with Gasteiger partial charge in [-0.05, 0) is 43.7 Å². The van der Waals surface area contributed by atoms with Gasteiger partial charge in [0.2, 0.25) is 15.9 Å². The number of carbonyl (C=O) groups is 1. The Balaban J connectivity index is 2.29. The molecule has 6 heteroatoms. The summed E-state index contributed by atoms with van der Waals surface area (Å²) in [6.07, 6.45) is 3.26. The summed E-state index contributed by atoms with van der Waals surface area (Å²) in [5.41, 5.74) is 2.33. The molecule has 0 saturated carbocycles. The van der Waals surface area contributed by atoms with Crippen molar-refractivity contribution in [2.45, 2.75) is 33.6 Å². The molecule has 128 valence electrons. The molecule has 5 nitrogen and oxygen atoms in total. The number of hydrogen-bond donors (Lipinski definition) is 0. The van der Waals surface area contributed by atoms with Crippen LogP contribution < -0.4 is 4.31 Å². The minimum absolute atomic E-state index is 0.121. The summed E-state index contributed by atoms with van der Waals surface area (Å²) in [6, 6.07) is 5.63. The van der Waals surface area contributed by atoms with E-state index >= 15 is 0 Å². The highest BCUT2D eigenvalue weighted by Crippen LogP contribution is 2.27. The molecular weight excluding hydrogens is 312 g/mol. The first-order valence-electron chi connectivity index (χ1n) is 8.02. The molecule has 1 heterocycles. The summed E-state index contributed by atoms with van der Waals surface area (Å²) in [5, 5.41) is 0. The van der Waals surface area contributed by atoms with Crippen LogP contribution in [0.3, 0.4) is 0 Å². The Hall–Kier alpha value is -1.56. The van der Waals surface area contributed by atoms with Crippen LogP contribution in [0.5, 0.6) is 0 Å². The van der Waals surface area contributed by atoms with E-state index in [-0.39, 0.29) is 12.5 Å². The average molecular weight is 338 g/mol. The Morgan fingerprint density at radius 2 is 1.91 bits per heavy atom. The predicted octanol–water partition coefficient (Wildman–Crippen LogP) is 2.33. The van der Waals surface area contributed by atoms with Gasteiger partial charge in [0.05, 0.1) is 11.9 Å². The molecule has 0 aliphatic carbocycles. The van der Waals surface area contributed by atoms with Crippen LogP contribution in [0, 0.1) is 19.8 Å². The Morgan fingerprint density at radius 3 is 2.43 bits per heavy atom. The maximum absolute atomic E-state index is 12.6. The minimum atomic E-state index is -3.52. The molecule has 1 amide bonds. The average Bonchev–Trinajstić information content (AvgIpc) is 2.44. The van der Waals surface area contributed by atoms with Crippen molar-refractivity contribution >= 4 is 21.6 Å². The second-order valence-electron chi connectivity index (χ2n) is 6.60. The number of carbonyl (C=O) groups excluding carboxylic acids is 1. The van der Waals surface area contributed by atoms with Gasteiger partial charge in [-0.3, -0.25) is 9.10 Å². The molecule has 0 spiro atoms. The molecule has 1 aliphatic rings. The first-order chi connectivity index (χ1) is 10.7. The lowest BCUT2D eigenvalue weighted by atomic mass is 10.0. The van der Waals surface area contributed by atoms with Gasteiger partial charge in [0.15, 0.2) is 0 Å². The van der Waals surface area contributed by atoms with E-state index in [9.17, 15) is 13.2 Å². The molecule has 1 aliphatic heterocycles. The van der Waals surface area contributed by atoms with E-state index in [4.69, 9.17) is 0 Å². The van der Waals surface area contributed by atoms with Gasteiger partial charge in [0.1, 0.15) is 6.54 Å². The minimum Gasteiger partial charge on any atom is -0.341 e. The third kappa shape index (κ3) is 4.25. The fourth-order valence-electron chi connectivity index (χ4n) is 3.20. The van der Waals surface area contributed by atoms with Crippen molar-refractivity contribution in [3.8, 4) is 0 Å². The summed E-state index contributed by atoms with van der Waals surface area (Å²) in [7, 11) is -3.52. The number of rotatable bonds is 4. The number of amides is 1. The van der Waals surface area contributed by atoms with E-state index in [2.05, 4.69) is 6.92 Å². The maximum atomic E-state index is 12.6. The Morgan fingerprint density at radius 1 is 1.30 bits per heavy atom. The molecule has 0 bridgehead atoms. The lowest BCUT2D eigenvalue weighted by molar-refractivity contribution is -0.131.